The number of hydrogen-bond acceptors (Lipinski definition) is 10. The highest BCUT2D eigenvalue weighted by Crippen LogP contribution is 2.34. The van der Waals surface area contributed by atoms with Gasteiger partial charge in [0.05, 0.1) is 43.2 Å². The first-order chi connectivity index (χ1) is 21.3. The number of aromatic nitrogens is 3. The van der Waals surface area contributed by atoms with Crippen molar-refractivity contribution in [3.05, 3.63) is 105 Å². The summed E-state index contributed by atoms with van der Waals surface area (Å²) < 4.78 is 12.3. The van der Waals surface area contributed by atoms with E-state index in [1.165, 1.54) is 41.0 Å². The zero-order chi connectivity index (χ0) is 31.2. The summed E-state index contributed by atoms with van der Waals surface area (Å²) in [6, 6.07) is 20.2. The molecule has 44 heavy (non-hydrogen) atoms. The fourth-order valence-corrected chi connectivity index (χ4v) is 5.38. The highest BCUT2D eigenvalue weighted by Gasteiger charge is 2.33. The van der Waals surface area contributed by atoms with Crippen molar-refractivity contribution in [1.82, 2.24) is 25.1 Å². The van der Waals surface area contributed by atoms with E-state index in [9.17, 15) is 19.7 Å². The predicted octanol–water partition coefficient (Wildman–Crippen LogP) is 4.14. The van der Waals surface area contributed by atoms with Crippen molar-refractivity contribution in [2.45, 2.75) is 24.2 Å². The molecule has 0 radical (unpaired) electrons. The standard InChI is InChI=1S/C30H29N7O6S/c1-35-27(17-31-29(39)21-4-10-22(11-5-21)37(40)41)32-33-30(35)44-18-28(38)36-26(20-8-14-24(43-3)15-9-20)16-25(34-36)19-6-12-23(42-2)13-7-19/h4-15,26H,16-18H2,1-3H3,(H,31,39)/t26-/m1/s1. The smallest absolute Gasteiger partial charge is 0.269 e. The lowest BCUT2D eigenvalue weighted by Crippen LogP contribution is -2.28. The number of carbonyl (C=O) groups excluding carboxylic acids is 2. The first-order valence-corrected chi connectivity index (χ1v) is 14.5. The van der Waals surface area contributed by atoms with Crippen LogP contribution in [0.4, 0.5) is 5.69 Å². The Morgan fingerprint density at radius 2 is 1.61 bits per heavy atom. The zero-order valence-corrected chi connectivity index (χ0v) is 25.0. The second-order valence-electron chi connectivity index (χ2n) is 9.74. The Labute approximate surface area is 257 Å². The number of nitrogens with one attached hydrogen (secondary N) is 1. The molecule has 1 atom stereocenters. The number of methoxy groups -OCH3 is 2. The molecule has 1 aliphatic rings. The lowest BCUT2D eigenvalue weighted by molar-refractivity contribution is -0.384. The largest absolute Gasteiger partial charge is 0.497 e. The molecule has 2 amide bonds. The van der Waals surface area contributed by atoms with E-state index >= 15 is 0 Å². The number of thioether (sulfide) groups is 1. The van der Waals surface area contributed by atoms with Crippen molar-refractivity contribution in [3.8, 4) is 11.5 Å². The Bertz CT molecular complexity index is 1690. The van der Waals surface area contributed by atoms with Crippen LogP contribution in [-0.2, 0) is 18.4 Å². The third kappa shape index (κ3) is 6.70. The Kier molecular flexibility index (Phi) is 9.19. The Morgan fingerprint density at radius 3 is 2.23 bits per heavy atom. The van der Waals surface area contributed by atoms with Gasteiger partial charge in [-0.1, -0.05) is 23.9 Å². The van der Waals surface area contributed by atoms with Crippen LogP contribution >= 0.6 is 11.8 Å². The Hall–Kier alpha value is -5.24. The molecule has 13 nitrogen and oxygen atoms in total. The Balaban J connectivity index is 1.25. The average Bonchev–Trinajstić information content (AvgIpc) is 3.66. The number of benzene rings is 3. The van der Waals surface area contributed by atoms with Crippen molar-refractivity contribution in [3.63, 3.8) is 0 Å². The summed E-state index contributed by atoms with van der Waals surface area (Å²) in [5, 5.41) is 28.7. The van der Waals surface area contributed by atoms with Gasteiger partial charge in [0.1, 0.15) is 11.5 Å². The monoisotopic (exact) mass is 615 g/mol. The fourth-order valence-electron chi connectivity index (χ4n) is 4.60. The summed E-state index contributed by atoms with van der Waals surface area (Å²) in [7, 11) is 4.96. The van der Waals surface area contributed by atoms with Crippen LogP contribution in [0.1, 0.15) is 39.8 Å². The number of carbonyl (C=O) groups is 2. The summed E-state index contributed by atoms with van der Waals surface area (Å²) >= 11 is 1.22. The van der Waals surface area contributed by atoms with Gasteiger partial charge in [-0.05, 0) is 59.7 Å². The molecule has 0 spiro atoms. The molecule has 3 aromatic carbocycles. The average molecular weight is 616 g/mol. The van der Waals surface area contributed by atoms with Gasteiger partial charge in [0.25, 0.3) is 17.5 Å². The van der Waals surface area contributed by atoms with Gasteiger partial charge in [0.15, 0.2) is 11.0 Å². The third-order valence-corrected chi connectivity index (χ3v) is 8.09. The highest BCUT2D eigenvalue weighted by atomic mass is 32.2. The Morgan fingerprint density at radius 1 is 0.977 bits per heavy atom. The van der Waals surface area contributed by atoms with E-state index < -0.39 is 10.8 Å². The maximum atomic E-state index is 13.6. The van der Waals surface area contributed by atoms with Crippen LogP contribution in [0.15, 0.2) is 83.1 Å². The molecule has 14 heteroatoms. The molecule has 0 unspecified atom stereocenters. The molecule has 0 bridgehead atoms. The van der Waals surface area contributed by atoms with Crippen LogP contribution in [0.5, 0.6) is 11.5 Å². The van der Waals surface area contributed by atoms with E-state index in [0.717, 1.165) is 28.3 Å². The van der Waals surface area contributed by atoms with Crippen molar-refractivity contribution < 1.29 is 24.0 Å². The van der Waals surface area contributed by atoms with E-state index in [-0.39, 0.29) is 35.5 Å². The lowest BCUT2D eigenvalue weighted by atomic mass is 9.98. The van der Waals surface area contributed by atoms with Gasteiger partial charge in [-0.3, -0.25) is 19.7 Å². The highest BCUT2D eigenvalue weighted by molar-refractivity contribution is 7.99. The van der Waals surface area contributed by atoms with Crippen LogP contribution in [0.3, 0.4) is 0 Å². The summed E-state index contributed by atoms with van der Waals surface area (Å²) in [6.07, 6.45) is 0.539. The predicted molar refractivity (Wildman–Crippen MR) is 163 cm³/mol. The molecule has 4 aromatic rings. The van der Waals surface area contributed by atoms with Gasteiger partial charge in [0, 0.05) is 31.2 Å². The van der Waals surface area contributed by atoms with E-state index in [2.05, 4.69) is 15.5 Å². The van der Waals surface area contributed by atoms with Gasteiger partial charge in [-0.15, -0.1) is 10.2 Å². The molecular weight excluding hydrogens is 586 g/mol. The summed E-state index contributed by atoms with van der Waals surface area (Å²) in [6.45, 7) is 0.0784. The number of rotatable bonds is 11. The summed E-state index contributed by atoms with van der Waals surface area (Å²) in [4.78, 5) is 36.4. The van der Waals surface area contributed by atoms with E-state index in [1.807, 2.05) is 48.5 Å². The molecular formula is C30H29N7O6S. The van der Waals surface area contributed by atoms with Gasteiger partial charge in [-0.2, -0.15) is 5.10 Å². The van der Waals surface area contributed by atoms with Gasteiger partial charge >= 0.3 is 0 Å². The minimum absolute atomic E-state index is 0.0627. The topological polar surface area (TPSA) is 154 Å². The molecule has 1 aromatic heterocycles. The van der Waals surface area contributed by atoms with Gasteiger partial charge in [-0.25, -0.2) is 5.01 Å². The third-order valence-electron chi connectivity index (χ3n) is 7.09. The second-order valence-corrected chi connectivity index (χ2v) is 10.7. The maximum absolute atomic E-state index is 13.6. The number of amides is 2. The van der Waals surface area contributed by atoms with E-state index in [4.69, 9.17) is 14.6 Å². The summed E-state index contributed by atoms with van der Waals surface area (Å²) in [5.74, 6) is 1.39. The minimum Gasteiger partial charge on any atom is -0.497 e. The molecule has 1 N–H and O–H groups in total. The number of nitro benzene ring substituents is 1. The lowest BCUT2D eigenvalue weighted by Gasteiger charge is -2.22. The van der Waals surface area contributed by atoms with Crippen LogP contribution in [0.2, 0.25) is 0 Å². The summed E-state index contributed by atoms with van der Waals surface area (Å²) in [5.41, 5.74) is 2.81. The minimum atomic E-state index is -0.527. The van der Waals surface area contributed by atoms with Crippen molar-refractivity contribution in [2.75, 3.05) is 20.0 Å². The van der Waals surface area contributed by atoms with E-state index in [1.54, 1.807) is 25.8 Å². The van der Waals surface area contributed by atoms with Crippen LogP contribution < -0.4 is 14.8 Å². The number of hydrazone groups is 1. The number of non-ortho nitro benzene ring substituents is 1. The normalized spacial score (nSPS) is 14.2. The first kappa shape index (κ1) is 30.2. The molecule has 1 aliphatic heterocycles. The number of nitro groups is 1. The van der Waals surface area contributed by atoms with E-state index in [0.29, 0.717) is 17.4 Å². The fraction of sp³-hybridized carbons (Fsp3) is 0.233. The van der Waals surface area contributed by atoms with Crippen LogP contribution in [0, 0.1) is 10.1 Å². The maximum Gasteiger partial charge on any atom is 0.269 e. The van der Waals surface area contributed by atoms with Crippen molar-refractivity contribution in [2.24, 2.45) is 12.1 Å². The molecule has 5 rings (SSSR count). The number of hydrogen-bond donors (Lipinski definition) is 1. The number of ether oxygens (including phenoxy) is 2. The van der Waals surface area contributed by atoms with Gasteiger partial charge < -0.3 is 19.4 Å². The zero-order valence-electron chi connectivity index (χ0n) is 24.2. The molecule has 226 valence electrons. The molecule has 0 saturated heterocycles. The quantitative estimate of drug-likeness (QED) is 0.149. The SMILES string of the molecule is COc1ccc(C2=NN(C(=O)CSc3nnc(CNC(=O)c4ccc([N+](=O)[O-])cc4)n3C)[C@@H](c3ccc(OC)cc3)C2)cc1. The van der Waals surface area contributed by atoms with Gasteiger partial charge in [0.2, 0.25) is 0 Å². The van der Waals surface area contributed by atoms with Crippen molar-refractivity contribution >= 4 is 35.0 Å². The van der Waals surface area contributed by atoms with Crippen molar-refractivity contribution in [1.29, 1.82) is 0 Å². The molecule has 0 aliphatic carbocycles. The van der Waals surface area contributed by atoms with Crippen LogP contribution in [0.25, 0.3) is 0 Å². The second kappa shape index (κ2) is 13.4. The first-order valence-electron chi connectivity index (χ1n) is 13.5. The number of nitrogens with zero attached hydrogens (tertiary/aromatic N) is 6. The molecule has 0 fully saturated rings. The van der Waals surface area contributed by atoms with Crippen LogP contribution in [-0.4, -0.2) is 62.2 Å². The molecule has 0 saturated carbocycles. The molecule has 2 heterocycles.